The Morgan fingerprint density at radius 1 is 1.05 bits per heavy atom. The highest BCUT2D eigenvalue weighted by molar-refractivity contribution is 5.85. The third-order valence-electron chi connectivity index (χ3n) is 3.50. The van der Waals surface area contributed by atoms with Crippen molar-refractivity contribution < 1.29 is 0 Å². The third-order valence-corrected chi connectivity index (χ3v) is 3.50. The first-order valence-electron chi connectivity index (χ1n) is 6.65. The van der Waals surface area contributed by atoms with Gasteiger partial charge in [0.1, 0.15) is 5.82 Å². The number of imidazole rings is 1. The molecule has 4 heteroatoms. The molecule has 3 nitrogen and oxygen atoms in total. The number of aryl methyl sites for hydroxylation is 1. The number of rotatable bonds is 3. The van der Waals surface area contributed by atoms with Gasteiger partial charge in [-0.2, -0.15) is 0 Å². The van der Waals surface area contributed by atoms with E-state index < -0.39 is 0 Å². The minimum atomic E-state index is 0. The van der Waals surface area contributed by atoms with Crippen molar-refractivity contribution in [3.05, 3.63) is 72.3 Å². The number of nitrogens with zero attached hydrogens (tertiary/aromatic N) is 2. The van der Waals surface area contributed by atoms with Crippen LogP contribution in [-0.4, -0.2) is 9.55 Å². The average molecular weight is 300 g/mol. The smallest absolute Gasteiger partial charge is 0.105 e. The number of nitrogen functional groups attached to an aromatic ring is 1. The highest BCUT2D eigenvalue weighted by atomic mass is 35.5. The molecular formula is C17H18ClN3. The van der Waals surface area contributed by atoms with E-state index >= 15 is 0 Å². The number of benzene rings is 2. The fourth-order valence-electron chi connectivity index (χ4n) is 2.32. The first-order valence-corrected chi connectivity index (χ1v) is 6.65. The molecule has 3 aromatic rings. The van der Waals surface area contributed by atoms with E-state index in [1.807, 2.05) is 43.6 Å². The Balaban J connectivity index is 0.00000161. The molecule has 0 atom stereocenters. The van der Waals surface area contributed by atoms with Crippen LogP contribution in [0, 0.1) is 6.92 Å². The van der Waals surface area contributed by atoms with Crippen molar-refractivity contribution in [3.8, 4) is 11.1 Å². The molecule has 0 fully saturated rings. The van der Waals surface area contributed by atoms with Crippen molar-refractivity contribution >= 4 is 18.1 Å². The topological polar surface area (TPSA) is 43.8 Å². The summed E-state index contributed by atoms with van der Waals surface area (Å²) in [5.74, 6) is 1.03. The van der Waals surface area contributed by atoms with Gasteiger partial charge in [0.15, 0.2) is 0 Å². The van der Waals surface area contributed by atoms with Gasteiger partial charge in [0.25, 0.3) is 0 Å². The predicted molar refractivity (Wildman–Crippen MR) is 89.6 cm³/mol. The number of nitrogens with two attached hydrogens (primary N) is 1. The van der Waals surface area contributed by atoms with Crippen molar-refractivity contribution in [2.24, 2.45) is 0 Å². The Hall–Kier alpha value is -2.26. The van der Waals surface area contributed by atoms with Crippen molar-refractivity contribution in [2.75, 3.05) is 5.73 Å². The van der Waals surface area contributed by atoms with Crippen LogP contribution in [0.25, 0.3) is 11.1 Å². The molecule has 0 saturated heterocycles. The van der Waals surface area contributed by atoms with Gasteiger partial charge in [-0.3, -0.25) is 0 Å². The van der Waals surface area contributed by atoms with Crippen molar-refractivity contribution in [1.29, 1.82) is 0 Å². The highest BCUT2D eigenvalue weighted by Crippen LogP contribution is 2.25. The lowest BCUT2D eigenvalue weighted by atomic mass is 10.0. The normalized spacial score (nSPS) is 10.1. The molecule has 0 aliphatic heterocycles. The highest BCUT2D eigenvalue weighted by Gasteiger charge is 2.03. The molecule has 0 saturated carbocycles. The summed E-state index contributed by atoms with van der Waals surface area (Å²) in [6.07, 6.45) is 3.83. The van der Waals surface area contributed by atoms with Crippen LogP contribution >= 0.6 is 12.4 Å². The Morgan fingerprint density at radius 2 is 1.76 bits per heavy atom. The van der Waals surface area contributed by atoms with Crippen LogP contribution in [0.2, 0.25) is 0 Å². The maximum absolute atomic E-state index is 6.01. The summed E-state index contributed by atoms with van der Waals surface area (Å²) in [4.78, 5) is 4.24. The van der Waals surface area contributed by atoms with Crippen molar-refractivity contribution in [1.82, 2.24) is 9.55 Å². The van der Waals surface area contributed by atoms with E-state index in [9.17, 15) is 0 Å². The van der Waals surface area contributed by atoms with Crippen LogP contribution in [0.1, 0.15) is 11.4 Å². The van der Waals surface area contributed by atoms with E-state index in [1.165, 1.54) is 5.56 Å². The molecule has 21 heavy (non-hydrogen) atoms. The summed E-state index contributed by atoms with van der Waals surface area (Å²) in [7, 11) is 0. The van der Waals surface area contributed by atoms with E-state index in [1.54, 1.807) is 0 Å². The SMILES string of the molecule is Cc1nccn1Cc1ccc(-c2ccccc2N)cc1.Cl. The molecule has 108 valence electrons. The Labute approximate surface area is 130 Å². The van der Waals surface area contributed by atoms with Gasteiger partial charge in [-0.05, 0) is 24.1 Å². The number of hydrogen-bond acceptors (Lipinski definition) is 2. The summed E-state index contributed by atoms with van der Waals surface area (Å²) in [6, 6.07) is 16.5. The minimum absolute atomic E-state index is 0. The van der Waals surface area contributed by atoms with Gasteiger partial charge in [0, 0.05) is 30.2 Å². The van der Waals surface area contributed by atoms with Gasteiger partial charge in [0.05, 0.1) is 0 Å². The lowest BCUT2D eigenvalue weighted by molar-refractivity contribution is 0.762. The molecule has 0 spiro atoms. The standard InChI is InChI=1S/C17H17N3.ClH/c1-13-19-10-11-20(13)12-14-6-8-15(9-7-14)16-4-2-3-5-17(16)18;/h2-11H,12,18H2,1H3;1H. The molecule has 2 aromatic carbocycles. The van der Waals surface area contributed by atoms with Crippen molar-refractivity contribution in [2.45, 2.75) is 13.5 Å². The van der Waals surface area contributed by atoms with Crippen LogP contribution in [0.4, 0.5) is 5.69 Å². The monoisotopic (exact) mass is 299 g/mol. The lowest BCUT2D eigenvalue weighted by Crippen LogP contribution is -2.00. The van der Waals surface area contributed by atoms with E-state index in [0.717, 1.165) is 29.2 Å². The second-order valence-corrected chi connectivity index (χ2v) is 4.89. The minimum Gasteiger partial charge on any atom is -0.398 e. The number of halogens is 1. The zero-order valence-corrected chi connectivity index (χ0v) is 12.7. The van der Waals surface area contributed by atoms with E-state index in [4.69, 9.17) is 5.73 Å². The lowest BCUT2D eigenvalue weighted by Gasteiger charge is -2.08. The largest absolute Gasteiger partial charge is 0.398 e. The average Bonchev–Trinajstić information content (AvgIpc) is 2.86. The number of hydrogen-bond donors (Lipinski definition) is 1. The first kappa shape index (κ1) is 15.1. The van der Waals surface area contributed by atoms with Crippen LogP contribution in [-0.2, 0) is 6.54 Å². The predicted octanol–water partition coefficient (Wildman–Crippen LogP) is 3.91. The molecule has 2 N–H and O–H groups in total. The number of aromatic nitrogens is 2. The van der Waals surface area contributed by atoms with Crippen LogP contribution in [0.5, 0.6) is 0 Å². The summed E-state index contributed by atoms with van der Waals surface area (Å²) in [5.41, 5.74) is 10.3. The van der Waals surface area contributed by atoms with Crippen molar-refractivity contribution in [3.63, 3.8) is 0 Å². The van der Waals surface area contributed by atoms with Crippen LogP contribution < -0.4 is 5.73 Å². The molecule has 0 unspecified atom stereocenters. The maximum atomic E-state index is 6.01. The molecule has 0 aliphatic carbocycles. The van der Waals surface area contributed by atoms with E-state index in [2.05, 4.69) is 33.8 Å². The van der Waals surface area contributed by atoms with Gasteiger partial charge in [-0.25, -0.2) is 4.98 Å². The zero-order valence-electron chi connectivity index (χ0n) is 11.9. The fourth-order valence-corrected chi connectivity index (χ4v) is 2.32. The maximum Gasteiger partial charge on any atom is 0.105 e. The Kier molecular flexibility index (Phi) is 4.66. The number of anilines is 1. The second kappa shape index (κ2) is 6.46. The van der Waals surface area contributed by atoms with Gasteiger partial charge in [0.2, 0.25) is 0 Å². The van der Waals surface area contributed by atoms with Gasteiger partial charge in [-0.15, -0.1) is 12.4 Å². The molecule has 0 radical (unpaired) electrons. The Bertz CT molecular complexity index is 717. The second-order valence-electron chi connectivity index (χ2n) is 4.89. The summed E-state index contributed by atoms with van der Waals surface area (Å²) < 4.78 is 2.13. The molecular weight excluding hydrogens is 282 g/mol. The van der Waals surface area contributed by atoms with Gasteiger partial charge < -0.3 is 10.3 Å². The van der Waals surface area contributed by atoms with Gasteiger partial charge in [-0.1, -0.05) is 42.5 Å². The van der Waals surface area contributed by atoms with Gasteiger partial charge >= 0.3 is 0 Å². The Morgan fingerprint density at radius 3 is 2.38 bits per heavy atom. The van der Waals surface area contributed by atoms with Crippen LogP contribution in [0.15, 0.2) is 60.9 Å². The summed E-state index contributed by atoms with van der Waals surface area (Å²) >= 11 is 0. The van der Waals surface area contributed by atoms with E-state index in [-0.39, 0.29) is 12.4 Å². The van der Waals surface area contributed by atoms with Crippen LogP contribution in [0.3, 0.4) is 0 Å². The number of para-hydroxylation sites is 1. The summed E-state index contributed by atoms with van der Waals surface area (Å²) in [5, 5.41) is 0. The van der Waals surface area contributed by atoms with E-state index in [0.29, 0.717) is 0 Å². The summed E-state index contributed by atoms with van der Waals surface area (Å²) in [6.45, 7) is 2.86. The molecule has 1 aromatic heterocycles. The molecule has 1 heterocycles. The third kappa shape index (κ3) is 3.26. The fraction of sp³-hybridized carbons (Fsp3) is 0.118. The quantitative estimate of drug-likeness (QED) is 0.745. The molecule has 0 amide bonds. The zero-order chi connectivity index (χ0) is 13.9. The molecule has 0 aliphatic rings. The first-order chi connectivity index (χ1) is 9.74. The molecule has 3 rings (SSSR count). The molecule has 0 bridgehead atoms.